The minimum absolute atomic E-state index is 0.0588. The summed E-state index contributed by atoms with van der Waals surface area (Å²) in [7, 11) is 0. The van der Waals surface area contributed by atoms with E-state index in [0.717, 1.165) is 30.8 Å². The molecule has 0 aliphatic carbocycles. The lowest BCUT2D eigenvalue weighted by Crippen LogP contribution is -2.31. The molecule has 3 N–H and O–H groups in total. The van der Waals surface area contributed by atoms with Gasteiger partial charge in [0.05, 0.1) is 6.61 Å². The van der Waals surface area contributed by atoms with Crippen LogP contribution in [0.15, 0.2) is 48.5 Å². The molecule has 3 rings (SSSR count). The minimum atomic E-state index is 0.0588. The van der Waals surface area contributed by atoms with Gasteiger partial charge < -0.3 is 20.7 Å². The molecular formula is C29H42N4O2S. The van der Waals surface area contributed by atoms with Crippen LogP contribution in [0.25, 0.3) is 0 Å². The number of amides is 1. The van der Waals surface area contributed by atoms with Crippen LogP contribution in [-0.4, -0.2) is 48.7 Å². The minimum Gasteiger partial charge on any atom is -0.494 e. The third-order valence-electron chi connectivity index (χ3n) is 6.37. The first-order chi connectivity index (χ1) is 17.5. The number of carbonyl (C=O) groups excluding carboxylic acids is 1. The Morgan fingerprint density at radius 1 is 1.00 bits per heavy atom. The molecule has 0 spiro atoms. The number of hydrogen-bond donors (Lipinski definition) is 3. The molecule has 1 amide bonds. The number of ether oxygens (including phenoxy) is 1. The molecule has 0 atom stereocenters. The maximum Gasteiger partial charge on any atom is 0.220 e. The topological polar surface area (TPSA) is 65.6 Å². The van der Waals surface area contributed by atoms with Crippen molar-refractivity contribution in [3.05, 3.63) is 59.7 Å². The van der Waals surface area contributed by atoms with Crippen LogP contribution in [0.3, 0.4) is 0 Å². The highest BCUT2D eigenvalue weighted by molar-refractivity contribution is 7.80. The number of carbonyl (C=O) groups is 1. The fourth-order valence-electron chi connectivity index (χ4n) is 4.27. The van der Waals surface area contributed by atoms with Crippen LogP contribution < -0.4 is 20.7 Å². The van der Waals surface area contributed by atoms with Crippen LogP contribution in [0, 0.1) is 0 Å². The zero-order valence-electron chi connectivity index (χ0n) is 21.9. The fraction of sp³-hybridized carbons (Fsp3) is 0.517. The fourth-order valence-corrected chi connectivity index (χ4v) is 4.49. The van der Waals surface area contributed by atoms with Crippen molar-refractivity contribution < 1.29 is 9.53 Å². The van der Waals surface area contributed by atoms with E-state index < -0.39 is 0 Å². The SMILES string of the molecule is CC(C)c1ccc(NC(=S)NCCCC(=O)NCCCOc2cccc(CN3CCCCC3)c2)cc1. The van der Waals surface area contributed by atoms with E-state index in [0.29, 0.717) is 37.1 Å². The third-order valence-corrected chi connectivity index (χ3v) is 6.61. The summed E-state index contributed by atoms with van der Waals surface area (Å²) in [5.41, 5.74) is 3.56. The number of nitrogens with one attached hydrogen (secondary N) is 3. The van der Waals surface area contributed by atoms with Gasteiger partial charge in [0.25, 0.3) is 0 Å². The number of anilines is 1. The number of likely N-dealkylation sites (tertiary alicyclic amines) is 1. The van der Waals surface area contributed by atoms with Crippen molar-refractivity contribution in [1.29, 1.82) is 0 Å². The number of rotatable bonds is 13. The molecule has 7 heteroatoms. The highest BCUT2D eigenvalue weighted by Gasteiger charge is 2.10. The molecule has 1 aliphatic rings. The lowest BCUT2D eigenvalue weighted by Gasteiger charge is -2.26. The smallest absolute Gasteiger partial charge is 0.220 e. The molecule has 2 aromatic rings. The highest BCUT2D eigenvalue weighted by atomic mass is 32.1. The van der Waals surface area contributed by atoms with Gasteiger partial charge in [-0.25, -0.2) is 0 Å². The maximum absolute atomic E-state index is 12.1. The number of piperidine rings is 1. The van der Waals surface area contributed by atoms with Crippen molar-refractivity contribution >= 4 is 28.9 Å². The third kappa shape index (κ3) is 10.5. The first-order valence-corrected chi connectivity index (χ1v) is 13.8. The van der Waals surface area contributed by atoms with E-state index in [-0.39, 0.29) is 5.91 Å². The summed E-state index contributed by atoms with van der Waals surface area (Å²) in [5, 5.41) is 9.90. The second kappa shape index (κ2) is 15.5. The van der Waals surface area contributed by atoms with Gasteiger partial charge in [0, 0.05) is 31.7 Å². The summed E-state index contributed by atoms with van der Waals surface area (Å²) in [4.78, 5) is 14.6. The normalized spacial score (nSPS) is 13.9. The van der Waals surface area contributed by atoms with E-state index in [1.165, 1.54) is 43.5 Å². The predicted molar refractivity (Wildman–Crippen MR) is 153 cm³/mol. The molecule has 1 saturated heterocycles. The van der Waals surface area contributed by atoms with Crippen LogP contribution in [0.5, 0.6) is 5.75 Å². The van der Waals surface area contributed by atoms with E-state index >= 15 is 0 Å². The van der Waals surface area contributed by atoms with Crippen LogP contribution in [-0.2, 0) is 11.3 Å². The number of nitrogens with zero attached hydrogens (tertiary/aromatic N) is 1. The van der Waals surface area contributed by atoms with E-state index in [4.69, 9.17) is 17.0 Å². The molecule has 196 valence electrons. The molecule has 0 unspecified atom stereocenters. The first-order valence-electron chi connectivity index (χ1n) is 13.4. The zero-order chi connectivity index (χ0) is 25.6. The van der Waals surface area contributed by atoms with Gasteiger partial charge in [0.15, 0.2) is 5.11 Å². The van der Waals surface area contributed by atoms with E-state index in [1.807, 2.05) is 18.2 Å². The van der Waals surface area contributed by atoms with Crippen LogP contribution >= 0.6 is 12.2 Å². The van der Waals surface area contributed by atoms with Gasteiger partial charge in [-0.3, -0.25) is 9.69 Å². The van der Waals surface area contributed by atoms with Crippen molar-refractivity contribution in [2.75, 3.05) is 38.1 Å². The predicted octanol–water partition coefficient (Wildman–Crippen LogP) is 5.45. The average Bonchev–Trinajstić information content (AvgIpc) is 2.87. The first kappa shape index (κ1) is 27.9. The standard InChI is InChI=1S/C29H42N4O2S/c1-23(2)25-12-14-26(15-13-25)32-29(36)31-16-7-11-28(34)30-17-8-20-35-27-10-6-9-24(21-27)22-33-18-4-3-5-19-33/h6,9-10,12-15,21,23H,3-5,7-8,11,16-20,22H2,1-2H3,(H,30,34)(H2,31,32,36). The van der Waals surface area contributed by atoms with Gasteiger partial charge >= 0.3 is 0 Å². The molecule has 6 nitrogen and oxygen atoms in total. The molecule has 36 heavy (non-hydrogen) atoms. The van der Waals surface area contributed by atoms with Gasteiger partial charge in [0.2, 0.25) is 5.91 Å². The summed E-state index contributed by atoms with van der Waals surface area (Å²) in [6.07, 6.45) is 5.93. The Balaban J connectivity index is 1.21. The van der Waals surface area contributed by atoms with Crippen LogP contribution in [0.1, 0.15) is 69.4 Å². The number of hydrogen-bond acceptors (Lipinski definition) is 4. The van der Waals surface area contributed by atoms with Gasteiger partial charge in [-0.05, 0) is 92.3 Å². The largest absolute Gasteiger partial charge is 0.494 e. The Hall–Kier alpha value is -2.64. The molecular weight excluding hydrogens is 468 g/mol. The van der Waals surface area contributed by atoms with Gasteiger partial charge in [-0.15, -0.1) is 0 Å². The molecule has 0 aromatic heterocycles. The lowest BCUT2D eigenvalue weighted by molar-refractivity contribution is -0.121. The zero-order valence-corrected chi connectivity index (χ0v) is 22.7. The Bertz CT molecular complexity index is 943. The number of thiocarbonyl (C=S) groups is 1. The van der Waals surface area contributed by atoms with Crippen LogP contribution in [0.2, 0.25) is 0 Å². The van der Waals surface area contributed by atoms with E-state index in [1.54, 1.807) is 0 Å². The van der Waals surface area contributed by atoms with Gasteiger partial charge in [0.1, 0.15) is 5.75 Å². The maximum atomic E-state index is 12.1. The second-order valence-electron chi connectivity index (χ2n) is 9.80. The molecule has 0 radical (unpaired) electrons. The summed E-state index contributed by atoms with van der Waals surface area (Å²) in [5.74, 6) is 1.47. The van der Waals surface area contributed by atoms with Crippen LogP contribution in [0.4, 0.5) is 5.69 Å². The second-order valence-corrected chi connectivity index (χ2v) is 10.2. The molecule has 1 aliphatic heterocycles. The quantitative estimate of drug-likeness (QED) is 0.246. The summed E-state index contributed by atoms with van der Waals surface area (Å²) in [6, 6.07) is 16.7. The van der Waals surface area contributed by atoms with Crippen molar-refractivity contribution in [2.45, 2.75) is 64.8 Å². The number of benzene rings is 2. The molecule has 2 aromatic carbocycles. The molecule has 0 bridgehead atoms. The Kier molecular flexibility index (Phi) is 12.0. The molecule has 1 fully saturated rings. The Labute approximate surface area is 222 Å². The van der Waals surface area contributed by atoms with Crippen molar-refractivity contribution in [3.8, 4) is 5.75 Å². The van der Waals surface area contributed by atoms with Crippen molar-refractivity contribution in [2.24, 2.45) is 0 Å². The lowest BCUT2D eigenvalue weighted by atomic mass is 10.0. The van der Waals surface area contributed by atoms with Gasteiger partial charge in [-0.1, -0.05) is 44.5 Å². The molecule has 0 saturated carbocycles. The van der Waals surface area contributed by atoms with Crippen molar-refractivity contribution in [1.82, 2.24) is 15.5 Å². The van der Waals surface area contributed by atoms with Gasteiger partial charge in [-0.2, -0.15) is 0 Å². The molecule has 1 heterocycles. The summed E-state index contributed by atoms with van der Waals surface area (Å²) >= 11 is 5.35. The van der Waals surface area contributed by atoms with E-state index in [9.17, 15) is 4.79 Å². The highest BCUT2D eigenvalue weighted by Crippen LogP contribution is 2.18. The van der Waals surface area contributed by atoms with E-state index in [2.05, 4.69) is 65.0 Å². The Morgan fingerprint density at radius 3 is 2.50 bits per heavy atom. The summed E-state index contributed by atoms with van der Waals surface area (Å²) in [6.45, 7) is 9.59. The monoisotopic (exact) mass is 510 g/mol. The summed E-state index contributed by atoms with van der Waals surface area (Å²) < 4.78 is 5.91. The van der Waals surface area contributed by atoms with Crippen molar-refractivity contribution in [3.63, 3.8) is 0 Å². The Morgan fingerprint density at radius 2 is 1.75 bits per heavy atom. The average molecular weight is 511 g/mol.